The number of carbonyl (C=O) groups excluding carboxylic acids is 1. The number of carbonyl (C=O) groups is 2. The van der Waals surface area contributed by atoms with Gasteiger partial charge in [-0.15, -0.1) is 0 Å². The number of likely N-dealkylation sites (N-methyl/N-ethyl adjacent to an activating group) is 1. The van der Waals surface area contributed by atoms with Crippen molar-refractivity contribution >= 4 is 11.9 Å². The Morgan fingerprint density at radius 3 is 2.67 bits per heavy atom. The van der Waals surface area contributed by atoms with Crippen LogP contribution in [0.1, 0.15) is 11.1 Å². The largest absolute Gasteiger partial charge is 0.480 e. The second-order valence-corrected chi connectivity index (χ2v) is 4.38. The van der Waals surface area contributed by atoms with Gasteiger partial charge in [0.15, 0.2) is 0 Å². The summed E-state index contributed by atoms with van der Waals surface area (Å²) in [5.74, 6) is -1.13. The quantitative estimate of drug-likeness (QED) is 0.804. The molecule has 0 bridgehead atoms. The van der Waals surface area contributed by atoms with Crippen molar-refractivity contribution in [3.63, 3.8) is 0 Å². The van der Waals surface area contributed by atoms with Crippen molar-refractivity contribution in [2.75, 3.05) is 13.6 Å². The van der Waals surface area contributed by atoms with Crippen LogP contribution in [0.4, 0.5) is 0 Å². The number of nitrogens with one attached hydrogen (secondary N) is 1. The first-order valence-corrected chi connectivity index (χ1v) is 5.87. The van der Waals surface area contributed by atoms with Crippen molar-refractivity contribution in [2.45, 2.75) is 19.0 Å². The van der Waals surface area contributed by atoms with E-state index in [0.717, 1.165) is 11.1 Å². The molecule has 0 spiro atoms. The van der Waals surface area contributed by atoms with Crippen LogP contribution in [0.25, 0.3) is 0 Å². The van der Waals surface area contributed by atoms with E-state index in [1.807, 2.05) is 24.3 Å². The zero-order valence-corrected chi connectivity index (χ0v) is 10.2. The van der Waals surface area contributed by atoms with Crippen LogP contribution < -0.4 is 5.32 Å². The van der Waals surface area contributed by atoms with Crippen LogP contribution in [-0.4, -0.2) is 41.5 Å². The third-order valence-corrected chi connectivity index (χ3v) is 3.18. The van der Waals surface area contributed by atoms with E-state index in [0.29, 0.717) is 13.0 Å². The minimum Gasteiger partial charge on any atom is -0.480 e. The molecule has 1 atom stereocenters. The predicted molar refractivity (Wildman–Crippen MR) is 66.0 cm³/mol. The van der Waals surface area contributed by atoms with Gasteiger partial charge in [0.05, 0.1) is 6.54 Å². The molecule has 1 amide bonds. The SMILES string of the molecule is CNCC(=O)N1Cc2ccccc2C[C@H]1C(=O)O. The van der Waals surface area contributed by atoms with Crippen molar-refractivity contribution in [3.05, 3.63) is 35.4 Å². The Balaban J connectivity index is 2.28. The van der Waals surface area contributed by atoms with Gasteiger partial charge in [0.25, 0.3) is 0 Å². The normalized spacial score (nSPS) is 18.3. The molecule has 5 heteroatoms. The van der Waals surface area contributed by atoms with Gasteiger partial charge >= 0.3 is 5.97 Å². The molecule has 2 rings (SSSR count). The Hall–Kier alpha value is -1.88. The molecular formula is C13H16N2O3. The molecule has 0 unspecified atom stereocenters. The van der Waals surface area contributed by atoms with E-state index < -0.39 is 12.0 Å². The Bertz CT molecular complexity index is 473. The number of benzene rings is 1. The second kappa shape index (κ2) is 5.18. The van der Waals surface area contributed by atoms with Crippen LogP contribution >= 0.6 is 0 Å². The van der Waals surface area contributed by atoms with Crippen LogP contribution in [0.2, 0.25) is 0 Å². The molecule has 0 saturated carbocycles. The van der Waals surface area contributed by atoms with Gasteiger partial charge in [-0.1, -0.05) is 24.3 Å². The third-order valence-electron chi connectivity index (χ3n) is 3.18. The predicted octanol–water partition coefficient (Wildman–Crippen LogP) is 0.244. The zero-order valence-electron chi connectivity index (χ0n) is 10.2. The number of hydrogen-bond acceptors (Lipinski definition) is 3. The van der Waals surface area contributed by atoms with Crippen LogP contribution in [-0.2, 0) is 22.6 Å². The van der Waals surface area contributed by atoms with Gasteiger partial charge in [-0.3, -0.25) is 4.79 Å². The molecule has 0 aliphatic carbocycles. The lowest BCUT2D eigenvalue weighted by Crippen LogP contribution is -2.50. The first kappa shape index (κ1) is 12.6. The number of amides is 1. The minimum absolute atomic E-state index is 0.159. The van der Waals surface area contributed by atoms with E-state index in [-0.39, 0.29) is 12.5 Å². The van der Waals surface area contributed by atoms with Gasteiger partial charge < -0.3 is 15.3 Å². The van der Waals surface area contributed by atoms with E-state index in [2.05, 4.69) is 5.32 Å². The number of rotatable bonds is 3. The van der Waals surface area contributed by atoms with Crippen molar-refractivity contribution in [1.82, 2.24) is 10.2 Å². The Morgan fingerprint density at radius 1 is 1.39 bits per heavy atom. The summed E-state index contributed by atoms with van der Waals surface area (Å²) in [7, 11) is 1.67. The van der Waals surface area contributed by atoms with Crippen molar-refractivity contribution < 1.29 is 14.7 Å². The molecule has 0 saturated heterocycles. The summed E-state index contributed by atoms with van der Waals surface area (Å²) < 4.78 is 0. The Morgan fingerprint density at radius 2 is 2.06 bits per heavy atom. The molecule has 1 aliphatic heterocycles. The highest BCUT2D eigenvalue weighted by molar-refractivity contribution is 5.85. The summed E-state index contributed by atoms with van der Waals surface area (Å²) in [6.07, 6.45) is 0.376. The maximum Gasteiger partial charge on any atom is 0.326 e. The molecule has 0 fully saturated rings. The molecule has 1 heterocycles. The van der Waals surface area contributed by atoms with Crippen LogP contribution in [0.5, 0.6) is 0 Å². The molecular weight excluding hydrogens is 232 g/mol. The highest BCUT2D eigenvalue weighted by Gasteiger charge is 2.33. The highest BCUT2D eigenvalue weighted by Crippen LogP contribution is 2.23. The van der Waals surface area contributed by atoms with Crippen molar-refractivity contribution in [1.29, 1.82) is 0 Å². The topological polar surface area (TPSA) is 69.6 Å². The molecule has 18 heavy (non-hydrogen) atoms. The number of carboxylic acids is 1. The van der Waals surface area contributed by atoms with E-state index in [1.165, 1.54) is 4.90 Å². The van der Waals surface area contributed by atoms with E-state index in [9.17, 15) is 14.7 Å². The number of hydrogen-bond donors (Lipinski definition) is 2. The van der Waals surface area contributed by atoms with Crippen LogP contribution in [0.3, 0.4) is 0 Å². The van der Waals surface area contributed by atoms with E-state index in [1.54, 1.807) is 7.05 Å². The lowest BCUT2D eigenvalue weighted by molar-refractivity contribution is -0.151. The fraction of sp³-hybridized carbons (Fsp3) is 0.385. The highest BCUT2D eigenvalue weighted by atomic mass is 16.4. The summed E-state index contributed by atoms with van der Waals surface area (Å²) in [4.78, 5) is 24.6. The van der Waals surface area contributed by atoms with Gasteiger partial charge in [0.1, 0.15) is 6.04 Å². The maximum atomic E-state index is 11.9. The molecule has 1 aliphatic rings. The second-order valence-electron chi connectivity index (χ2n) is 4.38. The number of aliphatic carboxylic acids is 1. The number of carboxylic acid groups (broad SMARTS) is 1. The summed E-state index contributed by atoms with van der Waals surface area (Å²) in [5, 5.41) is 12.0. The fourth-order valence-corrected chi connectivity index (χ4v) is 2.26. The van der Waals surface area contributed by atoms with Gasteiger partial charge in [0, 0.05) is 13.0 Å². The van der Waals surface area contributed by atoms with Crippen LogP contribution in [0.15, 0.2) is 24.3 Å². The van der Waals surface area contributed by atoms with Gasteiger partial charge in [-0.05, 0) is 18.2 Å². The average molecular weight is 248 g/mol. The van der Waals surface area contributed by atoms with Gasteiger partial charge in [-0.2, -0.15) is 0 Å². The Labute approximate surface area is 105 Å². The monoisotopic (exact) mass is 248 g/mol. The molecule has 2 N–H and O–H groups in total. The summed E-state index contributed by atoms with van der Waals surface area (Å²) in [6.45, 7) is 0.527. The first-order chi connectivity index (χ1) is 8.63. The zero-order chi connectivity index (χ0) is 13.1. The average Bonchev–Trinajstić information content (AvgIpc) is 2.37. The van der Waals surface area contributed by atoms with Gasteiger partial charge in [0.2, 0.25) is 5.91 Å². The molecule has 1 aromatic rings. The molecule has 0 radical (unpaired) electrons. The number of fused-ring (bicyclic) bond motifs is 1. The summed E-state index contributed by atoms with van der Waals surface area (Å²) in [6, 6.07) is 6.89. The molecule has 0 aromatic heterocycles. The summed E-state index contributed by atoms with van der Waals surface area (Å²) >= 11 is 0. The van der Waals surface area contributed by atoms with Gasteiger partial charge in [-0.25, -0.2) is 4.79 Å². The minimum atomic E-state index is -0.950. The standard InChI is InChI=1S/C13H16N2O3/c1-14-7-12(16)15-8-10-5-3-2-4-9(10)6-11(15)13(17)18/h2-5,11,14H,6-8H2,1H3,(H,17,18)/t11-/m0/s1. The third kappa shape index (κ3) is 2.36. The smallest absolute Gasteiger partial charge is 0.326 e. The molecule has 96 valence electrons. The number of nitrogens with zero attached hydrogens (tertiary/aromatic N) is 1. The lowest BCUT2D eigenvalue weighted by Gasteiger charge is -2.34. The van der Waals surface area contributed by atoms with Crippen LogP contribution in [0, 0.1) is 0 Å². The van der Waals surface area contributed by atoms with E-state index in [4.69, 9.17) is 0 Å². The Kier molecular flexibility index (Phi) is 3.62. The lowest BCUT2D eigenvalue weighted by atomic mass is 9.94. The first-order valence-electron chi connectivity index (χ1n) is 5.87. The molecule has 5 nitrogen and oxygen atoms in total. The van der Waals surface area contributed by atoms with E-state index >= 15 is 0 Å². The summed E-state index contributed by atoms with van der Waals surface area (Å²) in [5.41, 5.74) is 2.04. The van der Waals surface area contributed by atoms with Crippen molar-refractivity contribution in [2.24, 2.45) is 0 Å². The van der Waals surface area contributed by atoms with Crippen molar-refractivity contribution in [3.8, 4) is 0 Å². The maximum absolute atomic E-state index is 11.9. The fourth-order valence-electron chi connectivity index (χ4n) is 2.26. The molecule has 1 aromatic carbocycles.